The highest BCUT2D eigenvalue weighted by atomic mass is 35.5. The zero-order valence-corrected chi connectivity index (χ0v) is 24.2. The molecule has 0 N–H and O–H groups in total. The first kappa shape index (κ1) is 31.0. The van der Waals surface area contributed by atoms with Crippen molar-refractivity contribution >= 4 is 17.6 Å². The number of rotatable bonds is 11. The Morgan fingerprint density at radius 2 is 1.83 bits per heavy atom. The lowest BCUT2D eigenvalue weighted by Gasteiger charge is -2.39. The fourth-order valence-electron chi connectivity index (χ4n) is 5.10. The van der Waals surface area contributed by atoms with Gasteiger partial charge in [-0.05, 0) is 59.5 Å². The highest BCUT2D eigenvalue weighted by Gasteiger charge is 2.36. The molecule has 0 aromatic heterocycles. The summed E-state index contributed by atoms with van der Waals surface area (Å²) in [5.74, 6) is 0.0443. The van der Waals surface area contributed by atoms with Crippen molar-refractivity contribution in [2.24, 2.45) is 5.41 Å². The lowest BCUT2D eigenvalue weighted by molar-refractivity contribution is -0.137. The van der Waals surface area contributed by atoms with E-state index in [0.29, 0.717) is 23.4 Å². The monoisotopic (exact) mass is 595 g/mol. The molecular weight excluding hydrogens is 563 g/mol. The van der Waals surface area contributed by atoms with Gasteiger partial charge in [-0.1, -0.05) is 91.4 Å². The number of hydrogen-bond donors (Lipinski definition) is 0. The largest absolute Gasteiger partial charge is 0.489 e. The van der Waals surface area contributed by atoms with Crippen molar-refractivity contribution in [2.75, 3.05) is 20.3 Å². The summed E-state index contributed by atoms with van der Waals surface area (Å²) in [7, 11) is 1.31. The molecule has 0 aliphatic heterocycles. The molecule has 8 heteroatoms. The van der Waals surface area contributed by atoms with Gasteiger partial charge in [-0.25, -0.2) is 4.79 Å². The zero-order valence-electron chi connectivity index (χ0n) is 23.5. The number of methoxy groups -OCH3 is 1. The normalized spacial score (nSPS) is 17.3. The number of nitrogens with zero attached hydrogens (tertiary/aromatic N) is 1. The summed E-state index contributed by atoms with van der Waals surface area (Å²) in [6.07, 6.45) is 8.30. The van der Waals surface area contributed by atoms with Crippen LogP contribution in [0.3, 0.4) is 0 Å². The van der Waals surface area contributed by atoms with E-state index in [2.05, 4.69) is 31.2 Å². The van der Waals surface area contributed by atoms with Crippen LogP contribution in [0.25, 0.3) is 0 Å². The molecule has 4 nitrogen and oxygen atoms in total. The number of carbonyl (C=O) groups excluding carboxylic acids is 1. The van der Waals surface area contributed by atoms with Gasteiger partial charge in [0.1, 0.15) is 12.4 Å². The van der Waals surface area contributed by atoms with Gasteiger partial charge >= 0.3 is 12.1 Å². The quantitative estimate of drug-likeness (QED) is 0.208. The molecule has 0 radical (unpaired) electrons. The average Bonchev–Trinajstić information content (AvgIpc) is 2.98. The van der Waals surface area contributed by atoms with Crippen molar-refractivity contribution in [2.45, 2.75) is 32.0 Å². The summed E-state index contributed by atoms with van der Waals surface area (Å²) in [5.41, 5.74) is 0.799. The second-order valence-electron chi connectivity index (χ2n) is 10.4. The van der Waals surface area contributed by atoms with Gasteiger partial charge in [-0.15, -0.1) is 0 Å². The lowest BCUT2D eigenvalue weighted by atomic mass is 9.69. The number of esters is 1. The topological polar surface area (TPSA) is 38.8 Å². The van der Waals surface area contributed by atoms with Gasteiger partial charge in [0.15, 0.2) is 0 Å². The molecule has 0 fully saturated rings. The molecule has 0 spiro atoms. The molecule has 0 saturated carbocycles. The first-order valence-electron chi connectivity index (χ1n) is 13.6. The van der Waals surface area contributed by atoms with Crippen LogP contribution in [-0.4, -0.2) is 31.1 Å². The summed E-state index contributed by atoms with van der Waals surface area (Å²) in [5, 5.41) is -0.303. The molecule has 2 unspecified atom stereocenters. The molecule has 42 heavy (non-hydrogen) atoms. The van der Waals surface area contributed by atoms with Crippen LogP contribution in [0.5, 0.6) is 5.75 Å². The molecule has 220 valence electrons. The summed E-state index contributed by atoms with van der Waals surface area (Å²) < 4.78 is 51.5. The van der Waals surface area contributed by atoms with Gasteiger partial charge in [0.25, 0.3) is 0 Å². The Hall–Kier alpha value is -3.97. The summed E-state index contributed by atoms with van der Waals surface area (Å²) >= 11 is 6.31. The fraction of sp³-hybridized carbons (Fsp3) is 0.265. The molecular formula is C34H33ClF3NO3. The van der Waals surface area contributed by atoms with E-state index in [9.17, 15) is 18.0 Å². The maximum Gasteiger partial charge on any atom is 0.417 e. The van der Waals surface area contributed by atoms with E-state index in [1.807, 2.05) is 41.5 Å². The van der Waals surface area contributed by atoms with Crippen LogP contribution in [0.15, 0.2) is 109 Å². The van der Waals surface area contributed by atoms with Crippen LogP contribution in [0, 0.1) is 5.41 Å². The van der Waals surface area contributed by atoms with Gasteiger partial charge in [0.2, 0.25) is 0 Å². The second-order valence-corrected chi connectivity index (χ2v) is 10.8. The lowest BCUT2D eigenvalue weighted by Crippen LogP contribution is -2.34. The van der Waals surface area contributed by atoms with Crippen LogP contribution >= 0.6 is 11.6 Å². The maximum atomic E-state index is 13.6. The molecule has 2 atom stereocenters. The number of ether oxygens (including phenoxy) is 2. The fourth-order valence-corrected chi connectivity index (χ4v) is 5.39. The van der Waals surface area contributed by atoms with Crippen molar-refractivity contribution in [3.63, 3.8) is 0 Å². The summed E-state index contributed by atoms with van der Waals surface area (Å²) in [6, 6.07) is 20.8. The minimum absolute atomic E-state index is 0.0202. The molecule has 0 saturated heterocycles. The highest BCUT2D eigenvalue weighted by Crippen LogP contribution is 2.43. The Labute approximate surface area is 249 Å². The molecule has 0 heterocycles. The van der Waals surface area contributed by atoms with Crippen LogP contribution in [0.2, 0.25) is 5.02 Å². The van der Waals surface area contributed by atoms with Crippen molar-refractivity contribution in [1.82, 2.24) is 4.90 Å². The molecule has 1 aliphatic rings. The Morgan fingerprint density at radius 3 is 2.52 bits per heavy atom. The smallest absolute Gasteiger partial charge is 0.417 e. The van der Waals surface area contributed by atoms with E-state index in [1.165, 1.54) is 13.2 Å². The molecule has 0 bridgehead atoms. The number of benzene rings is 3. The van der Waals surface area contributed by atoms with E-state index in [4.69, 9.17) is 21.1 Å². The van der Waals surface area contributed by atoms with Crippen LogP contribution < -0.4 is 4.74 Å². The molecule has 1 aliphatic carbocycles. The first-order valence-corrected chi connectivity index (χ1v) is 13.9. The van der Waals surface area contributed by atoms with Crippen LogP contribution in [0.1, 0.15) is 46.3 Å². The average molecular weight is 596 g/mol. The van der Waals surface area contributed by atoms with Gasteiger partial charge in [-0.2, -0.15) is 13.2 Å². The van der Waals surface area contributed by atoms with E-state index in [1.54, 1.807) is 36.4 Å². The van der Waals surface area contributed by atoms with E-state index in [0.717, 1.165) is 18.1 Å². The summed E-state index contributed by atoms with van der Waals surface area (Å²) in [4.78, 5) is 13.8. The third kappa shape index (κ3) is 7.85. The van der Waals surface area contributed by atoms with Crippen molar-refractivity contribution in [3.8, 4) is 5.75 Å². The molecule has 4 rings (SSSR count). The standard InChI is InChI=1S/C34H33ClF3NO3/c1-33(18-7-4-8-19-33)30(25-12-5-3-6-13-25)24-39(23-27-15-10-17-29(31(27)35)34(36,37)38)20-11-21-42-28-16-9-14-26(22-28)32(40)41-2/h3-18,20,22,30H,19,21,23-24H2,1-2H3/b20-11+. The number of carbonyl (C=O) groups is 1. The van der Waals surface area contributed by atoms with E-state index in [-0.39, 0.29) is 29.5 Å². The molecule has 3 aromatic carbocycles. The van der Waals surface area contributed by atoms with E-state index < -0.39 is 17.7 Å². The predicted octanol–water partition coefficient (Wildman–Crippen LogP) is 8.85. The number of allylic oxidation sites excluding steroid dienone is 4. The number of hydrogen-bond acceptors (Lipinski definition) is 4. The van der Waals surface area contributed by atoms with Crippen molar-refractivity contribution in [3.05, 3.63) is 137 Å². The highest BCUT2D eigenvalue weighted by molar-refractivity contribution is 6.32. The molecule has 3 aromatic rings. The van der Waals surface area contributed by atoms with Crippen LogP contribution in [0.4, 0.5) is 13.2 Å². The van der Waals surface area contributed by atoms with Gasteiger partial charge in [0.05, 0.1) is 23.3 Å². The van der Waals surface area contributed by atoms with Crippen LogP contribution in [-0.2, 0) is 17.5 Å². The van der Waals surface area contributed by atoms with Gasteiger partial charge < -0.3 is 14.4 Å². The first-order chi connectivity index (χ1) is 20.1. The Morgan fingerprint density at radius 1 is 1.07 bits per heavy atom. The maximum absolute atomic E-state index is 13.6. The Bertz CT molecular complexity index is 1450. The number of alkyl halides is 3. The second kappa shape index (κ2) is 13.8. The Kier molecular flexibility index (Phi) is 10.2. The zero-order chi connectivity index (χ0) is 30.2. The SMILES string of the molecule is COC(=O)c1cccc(OC/C=C/N(Cc2cccc(C(F)(F)F)c2Cl)CC(c2ccccc2)C2(C)C=CC=CC2)c1. The number of halogens is 4. The molecule has 0 amide bonds. The summed E-state index contributed by atoms with van der Waals surface area (Å²) in [6.45, 7) is 3.05. The van der Waals surface area contributed by atoms with Gasteiger partial charge in [-0.3, -0.25) is 0 Å². The van der Waals surface area contributed by atoms with Crippen molar-refractivity contribution < 1.29 is 27.4 Å². The minimum atomic E-state index is -4.56. The van der Waals surface area contributed by atoms with E-state index >= 15 is 0 Å². The predicted molar refractivity (Wildman–Crippen MR) is 159 cm³/mol. The Balaban J connectivity index is 1.62. The third-order valence-corrected chi connectivity index (χ3v) is 7.82. The van der Waals surface area contributed by atoms with Crippen molar-refractivity contribution in [1.29, 1.82) is 0 Å². The minimum Gasteiger partial charge on any atom is -0.489 e. The van der Waals surface area contributed by atoms with Gasteiger partial charge in [0, 0.05) is 19.0 Å². The third-order valence-electron chi connectivity index (χ3n) is 7.37.